The van der Waals surface area contributed by atoms with Crippen LogP contribution in [-0.4, -0.2) is 51.3 Å². The molecule has 8 heteroatoms. The third-order valence-electron chi connectivity index (χ3n) is 3.10. The molecule has 1 saturated heterocycles. The summed E-state index contributed by atoms with van der Waals surface area (Å²) in [5.41, 5.74) is -0.854. The van der Waals surface area contributed by atoms with Crippen LogP contribution in [0.1, 0.15) is 0 Å². The molecule has 112 valence electrons. The van der Waals surface area contributed by atoms with E-state index in [1.54, 1.807) is 0 Å². The standard InChI is InChI=1S/C12H15BF4NO2/c14-11-2-1-10(13(15,16)17)9-12(11)20-8-5-18-3-6-19-7-4-18/h1-2,9H,3-8H2/q-1. The van der Waals surface area contributed by atoms with Crippen LogP contribution >= 0.6 is 0 Å². The van der Waals surface area contributed by atoms with Crippen molar-refractivity contribution in [2.45, 2.75) is 0 Å². The molecule has 2 rings (SSSR count). The Balaban J connectivity index is 1.91. The van der Waals surface area contributed by atoms with Crippen LogP contribution in [0.25, 0.3) is 0 Å². The predicted octanol–water partition coefficient (Wildman–Crippen LogP) is 1.59. The maximum absolute atomic E-state index is 13.4. The van der Waals surface area contributed by atoms with Gasteiger partial charge in [0, 0.05) is 19.6 Å². The van der Waals surface area contributed by atoms with Crippen molar-refractivity contribution in [1.29, 1.82) is 0 Å². The molecule has 0 bridgehead atoms. The van der Waals surface area contributed by atoms with Crippen molar-refractivity contribution in [1.82, 2.24) is 4.90 Å². The minimum atomic E-state index is -5.15. The van der Waals surface area contributed by atoms with E-state index < -0.39 is 18.3 Å². The molecule has 1 aliphatic heterocycles. The van der Waals surface area contributed by atoms with Crippen molar-refractivity contribution >= 4 is 12.4 Å². The summed E-state index contributed by atoms with van der Waals surface area (Å²) < 4.78 is 61.4. The highest BCUT2D eigenvalue weighted by Gasteiger charge is 2.26. The Hall–Kier alpha value is -1.28. The molecule has 20 heavy (non-hydrogen) atoms. The van der Waals surface area contributed by atoms with Gasteiger partial charge >= 0.3 is 6.98 Å². The van der Waals surface area contributed by atoms with Gasteiger partial charge in [0.05, 0.1) is 13.2 Å². The summed E-state index contributed by atoms with van der Waals surface area (Å²) in [5, 5.41) is 0. The average Bonchev–Trinajstić information content (AvgIpc) is 2.41. The van der Waals surface area contributed by atoms with E-state index in [1.807, 2.05) is 0 Å². The smallest absolute Gasteiger partial charge is 0.489 e. The lowest BCUT2D eigenvalue weighted by molar-refractivity contribution is 0.0320. The molecule has 0 N–H and O–H groups in total. The second-order valence-electron chi connectivity index (χ2n) is 4.57. The van der Waals surface area contributed by atoms with E-state index >= 15 is 0 Å². The monoisotopic (exact) mass is 292 g/mol. The van der Waals surface area contributed by atoms with Crippen LogP contribution in [0.15, 0.2) is 18.2 Å². The normalized spacial score (nSPS) is 17.2. The summed E-state index contributed by atoms with van der Waals surface area (Å²) in [6.07, 6.45) is 0. The molecule has 0 radical (unpaired) electrons. The first-order valence-corrected chi connectivity index (χ1v) is 6.39. The van der Waals surface area contributed by atoms with Crippen LogP contribution in [0, 0.1) is 5.82 Å². The number of morpholine rings is 1. The van der Waals surface area contributed by atoms with Crippen molar-refractivity contribution in [2.24, 2.45) is 0 Å². The van der Waals surface area contributed by atoms with E-state index in [0.717, 1.165) is 25.2 Å². The number of ether oxygens (including phenoxy) is 2. The van der Waals surface area contributed by atoms with Gasteiger partial charge in [0.15, 0.2) is 11.6 Å². The van der Waals surface area contributed by atoms with Gasteiger partial charge in [0.1, 0.15) is 6.61 Å². The van der Waals surface area contributed by atoms with E-state index in [2.05, 4.69) is 4.90 Å². The fourth-order valence-electron chi connectivity index (χ4n) is 1.94. The first-order valence-electron chi connectivity index (χ1n) is 6.39. The van der Waals surface area contributed by atoms with Gasteiger partial charge in [0.2, 0.25) is 0 Å². The fourth-order valence-corrected chi connectivity index (χ4v) is 1.94. The van der Waals surface area contributed by atoms with Gasteiger partial charge in [-0.05, 0) is 12.1 Å². The number of hydrogen-bond acceptors (Lipinski definition) is 3. The average molecular weight is 292 g/mol. The molecule has 0 aromatic heterocycles. The minimum Gasteiger partial charge on any atom is -0.489 e. The summed E-state index contributed by atoms with van der Waals surface area (Å²) in [6.45, 7) is -1.72. The molecule has 3 nitrogen and oxygen atoms in total. The summed E-state index contributed by atoms with van der Waals surface area (Å²) in [5.74, 6) is -1.13. The van der Waals surface area contributed by atoms with Gasteiger partial charge in [-0.2, -0.15) is 0 Å². The number of hydrogen-bond donors (Lipinski definition) is 0. The summed E-state index contributed by atoms with van der Waals surface area (Å²) in [6, 6.07) is 2.23. The van der Waals surface area contributed by atoms with Crippen LogP contribution in [0.2, 0.25) is 0 Å². The number of benzene rings is 1. The van der Waals surface area contributed by atoms with Gasteiger partial charge < -0.3 is 22.4 Å². The summed E-state index contributed by atoms with van der Waals surface area (Å²) in [4.78, 5) is 2.05. The van der Waals surface area contributed by atoms with Gasteiger partial charge in [-0.3, -0.25) is 4.90 Å². The Morgan fingerprint density at radius 2 is 1.90 bits per heavy atom. The number of halogens is 4. The van der Waals surface area contributed by atoms with Crippen molar-refractivity contribution in [3.63, 3.8) is 0 Å². The number of rotatable bonds is 5. The van der Waals surface area contributed by atoms with E-state index in [9.17, 15) is 17.3 Å². The van der Waals surface area contributed by atoms with Crippen molar-refractivity contribution < 1.29 is 26.8 Å². The van der Waals surface area contributed by atoms with Gasteiger partial charge in [-0.1, -0.05) is 6.07 Å². The lowest BCUT2D eigenvalue weighted by atomic mass is 9.80. The highest BCUT2D eigenvalue weighted by molar-refractivity contribution is 6.73. The Morgan fingerprint density at radius 3 is 2.55 bits per heavy atom. The Kier molecular flexibility index (Phi) is 4.88. The summed E-state index contributed by atoms with van der Waals surface area (Å²) in [7, 11) is 0. The zero-order chi connectivity index (χ0) is 14.6. The molecule has 0 aliphatic carbocycles. The van der Waals surface area contributed by atoms with Gasteiger partial charge in [0.25, 0.3) is 0 Å². The van der Waals surface area contributed by atoms with Crippen LogP contribution in [0.5, 0.6) is 5.75 Å². The fraction of sp³-hybridized carbons (Fsp3) is 0.500. The second-order valence-corrected chi connectivity index (χ2v) is 4.57. The lowest BCUT2D eigenvalue weighted by Crippen LogP contribution is -2.38. The van der Waals surface area contributed by atoms with Crippen LogP contribution in [0.4, 0.5) is 17.3 Å². The molecule has 1 heterocycles. The first kappa shape index (κ1) is 15.1. The molecule has 1 aromatic carbocycles. The maximum atomic E-state index is 13.4. The van der Waals surface area contributed by atoms with Crippen molar-refractivity contribution in [3.05, 3.63) is 24.0 Å². The molecule has 1 aromatic rings. The van der Waals surface area contributed by atoms with Gasteiger partial charge in [-0.25, -0.2) is 4.39 Å². The second kappa shape index (κ2) is 6.45. The lowest BCUT2D eigenvalue weighted by Gasteiger charge is -2.26. The molecule has 0 atom stereocenters. The van der Waals surface area contributed by atoms with E-state index in [-0.39, 0.29) is 12.4 Å². The molecule has 0 amide bonds. The SMILES string of the molecule is Fc1ccc([B-](F)(F)F)cc1OCCN1CCOCC1. The predicted molar refractivity (Wildman–Crippen MR) is 67.9 cm³/mol. The maximum Gasteiger partial charge on any atom is 0.509 e. The van der Waals surface area contributed by atoms with Crippen molar-refractivity contribution in [3.8, 4) is 5.75 Å². The molecular weight excluding hydrogens is 277 g/mol. The molecule has 0 unspecified atom stereocenters. The Bertz CT molecular complexity index is 450. The highest BCUT2D eigenvalue weighted by Crippen LogP contribution is 2.18. The molecule has 1 aliphatic rings. The minimum absolute atomic E-state index is 0.144. The van der Waals surface area contributed by atoms with E-state index in [1.165, 1.54) is 0 Å². The molecule has 0 saturated carbocycles. The van der Waals surface area contributed by atoms with E-state index in [4.69, 9.17) is 9.47 Å². The number of nitrogens with zero attached hydrogens (tertiary/aromatic N) is 1. The van der Waals surface area contributed by atoms with Crippen LogP contribution in [0.3, 0.4) is 0 Å². The van der Waals surface area contributed by atoms with Crippen molar-refractivity contribution in [2.75, 3.05) is 39.5 Å². The zero-order valence-corrected chi connectivity index (χ0v) is 10.8. The van der Waals surface area contributed by atoms with Crippen LogP contribution < -0.4 is 10.2 Å². The molecule has 1 fully saturated rings. The quantitative estimate of drug-likeness (QED) is 0.607. The topological polar surface area (TPSA) is 21.7 Å². The molecular formula is C12H15BF4NO2-. The Morgan fingerprint density at radius 1 is 1.20 bits per heavy atom. The first-order chi connectivity index (χ1) is 9.47. The van der Waals surface area contributed by atoms with Crippen LogP contribution in [-0.2, 0) is 4.74 Å². The largest absolute Gasteiger partial charge is 0.509 e. The summed E-state index contributed by atoms with van der Waals surface area (Å²) >= 11 is 0. The molecule has 0 spiro atoms. The van der Waals surface area contributed by atoms with Gasteiger partial charge in [-0.15, -0.1) is 5.46 Å². The van der Waals surface area contributed by atoms with E-state index in [0.29, 0.717) is 25.8 Å². The Labute approximate surface area is 114 Å². The third kappa shape index (κ3) is 4.11. The zero-order valence-electron chi connectivity index (χ0n) is 10.8. The highest BCUT2D eigenvalue weighted by atomic mass is 19.4. The third-order valence-corrected chi connectivity index (χ3v) is 3.10.